The van der Waals surface area contributed by atoms with E-state index >= 15 is 0 Å². The molecule has 0 saturated carbocycles. The SMILES string of the molecule is CCc1ccc2ccc3ccc(C(C)C)nc3c2n1. The number of aryl methyl sites for hydroxylation is 1. The quantitative estimate of drug-likeness (QED) is 0.627. The molecule has 2 heterocycles. The molecule has 3 rings (SSSR count). The van der Waals surface area contributed by atoms with Gasteiger partial charge < -0.3 is 0 Å². The van der Waals surface area contributed by atoms with Crippen LogP contribution in [0.5, 0.6) is 0 Å². The van der Waals surface area contributed by atoms with Crippen LogP contribution in [0.25, 0.3) is 21.8 Å². The first-order valence-electron chi connectivity index (χ1n) is 6.88. The summed E-state index contributed by atoms with van der Waals surface area (Å²) in [5.74, 6) is 0.439. The molecule has 2 aromatic heterocycles. The summed E-state index contributed by atoms with van der Waals surface area (Å²) in [6.07, 6.45) is 0.955. The van der Waals surface area contributed by atoms with E-state index in [1.165, 1.54) is 0 Å². The minimum Gasteiger partial charge on any atom is -0.251 e. The Morgan fingerprint density at radius 1 is 0.842 bits per heavy atom. The van der Waals surface area contributed by atoms with Crippen LogP contribution in [0, 0.1) is 0 Å². The molecule has 2 nitrogen and oxygen atoms in total. The molecule has 0 fully saturated rings. The monoisotopic (exact) mass is 250 g/mol. The second-order valence-electron chi connectivity index (χ2n) is 5.26. The lowest BCUT2D eigenvalue weighted by molar-refractivity contribution is 0.830. The summed E-state index contributed by atoms with van der Waals surface area (Å²) in [4.78, 5) is 9.58. The number of pyridine rings is 2. The fraction of sp³-hybridized carbons (Fsp3) is 0.294. The van der Waals surface area contributed by atoms with Crippen LogP contribution in [0.1, 0.15) is 38.1 Å². The molecule has 0 aliphatic heterocycles. The molecule has 0 aliphatic rings. The van der Waals surface area contributed by atoms with Crippen molar-refractivity contribution in [2.24, 2.45) is 0 Å². The largest absolute Gasteiger partial charge is 0.251 e. The Hall–Kier alpha value is -1.96. The molecular weight excluding hydrogens is 232 g/mol. The van der Waals surface area contributed by atoms with Crippen molar-refractivity contribution in [3.05, 3.63) is 47.8 Å². The first kappa shape index (κ1) is 12.1. The fourth-order valence-corrected chi connectivity index (χ4v) is 2.34. The fourth-order valence-electron chi connectivity index (χ4n) is 2.34. The van der Waals surface area contributed by atoms with E-state index in [1.807, 2.05) is 0 Å². The zero-order valence-electron chi connectivity index (χ0n) is 11.6. The number of rotatable bonds is 2. The molecule has 0 aliphatic carbocycles. The summed E-state index contributed by atoms with van der Waals surface area (Å²) in [6, 6.07) is 12.8. The van der Waals surface area contributed by atoms with Crippen molar-refractivity contribution in [1.29, 1.82) is 0 Å². The van der Waals surface area contributed by atoms with Crippen LogP contribution in [0.3, 0.4) is 0 Å². The third-order valence-electron chi connectivity index (χ3n) is 3.55. The lowest BCUT2D eigenvalue weighted by Gasteiger charge is -2.08. The topological polar surface area (TPSA) is 25.8 Å². The van der Waals surface area contributed by atoms with Gasteiger partial charge >= 0.3 is 0 Å². The molecule has 2 heteroatoms. The molecule has 0 bridgehead atoms. The lowest BCUT2D eigenvalue weighted by Crippen LogP contribution is -1.95. The average Bonchev–Trinajstić information content (AvgIpc) is 2.45. The Balaban J connectivity index is 2.38. The number of fused-ring (bicyclic) bond motifs is 3. The Morgan fingerprint density at radius 3 is 2.05 bits per heavy atom. The van der Waals surface area contributed by atoms with Gasteiger partial charge in [-0.3, -0.25) is 9.97 Å². The zero-order chi connectivity index (χ0) is 13.4. The van der Waals surface area contributed by atoms with E-state index < -0.39 is 0 Å². The summed E-state index contributed by atoms with van der Waals surface area (Å²) < 4.78 is 0. The Morgan fingerprint density at radius 2 is 1.42 bits per heavy atom. The van der Waals surface area contributed by atoms with Gasteiger partial charge in [0.05, 0.1) is 11.0 Å². The average molecular weight is 250 g/mol. The van der Waals surface area contributed by atoms with Crippen molar-refractivity contribution in [3.63, 3.8) is 0 Å². The van der Waals surface area contributed by atoms with Crippen molar-refractivity contribution in [2.75, 3.05) is 0 Å². The van der Waals surface area contributed by atoms with Gasteiger partial charge in [-0.25, -0.2) is 0 Å². The highest BCUT2D eigenvalue weighted by atomic mass is 14.8. The Labute approximate surface area is 113 Å². The van der Waals surface area contributed by atoms with E-state index in [0.29, 0.717) is 5.92 Å². The Bertz CT molecular complexity index is 745. The van der Waals surface area contributed by atoms with E-state index in [-0.39, 0.29) is 0 Å². The van der Waals surface area contributed by atoms with Crippen LogP contribution in [0.4, 0.5) is 0 Å². The van der Waals surface area contributed by atoms with Crippen LogP contribution in [0.15, 0.2) is 36.4 Å². The third-order valence-corrected chi connectivity index (χ3v) is 3.55. The van der Waals surface area contributed by atoms with E-state index in [2.05, 4.69) is 57.2 Å². The predicted molar refractivity (Wildman–Crippen MR) is 80.5 cm³/mol. The first-order valence-corrected chi connectivity index (χ1v) is 6.88. The highest BCUT2D eigenvalue weighted by Crippen LogP contribution is 2.24. The van der Waals surface area contributed by atoms with Gasteiger partial charge in [0.1, 0.15) is 0 Å². The molecule has 19 heavy (non-hydrogen) atoms. The summed E-state index contributed by atoms with van der Waals surface area (Å²) in [5, 5.41) is 2.33. The molecule has 0 atom stereocenters. The van der Waals surface area contributed by atoms with Crippen LogP contribution >= 0.6 is 0 Å². The highest BCUT2D eigenvalue weighted by Gasteiger charge is 2.07. The molecule has 96 valence electrons. The van der Waals surface area contributed by atoms with Gasteiger partial charge in [-0.15, -0.1) is 0 Å². The minimum absolute atomic E-state index is 0.439. The third kappa shape index (κ3) is 2.07. The predicted octanol–water partition coefficient (Wildman–Crippen LogP) is 4.47. The van der Waals surface area contributed by atoms with Gasteiger partial charge in [-0.1, -0.05) is 45.0 Å². The van der Waals surface area contributed by atoms with Gasteiger partial charge in [0.25, 0.3) is 0 Å². The van der Waals surface area contributed by atoms with Crippen LogP contribution < -0.4 is 0 Å². The molecule has 0 amide bonds. The molecule has 1 aromatic carbocycles. The number of aromatic nitrogens is 2. The van der Waals surface area contributed by atoms with Crippen LogP contribution in [-0.2, 0) is 6.42 Å². The summed E-state index contributed by atoms with van der Waals surface area (Å²) >= 11 is 0. The van der Waals surface area contributed by atoms with Crippen molar-refractivity contribution in [3.8, 4) is 0 Å². The molecular formula is C17H18N2. The maximum absolute atomic E-state index is 4.82. The normalized spacial score (nSPS) is 11.6. The summed E-state index contributed by atoms with van der Waals surface area (Å²) in [6.45, 7) is 6.47. The highest BCUT2D eigenvalue weighted by molar-refractivity contribution is 6.02. The van der Waals surface area contributed by atoms with Crippen molar-refractivity contribution >= 4 is 21.8 Å². The van der Waals surface area contributed by atoms with Gasteiger partial charge in [0.15, 0.2) is 0 Å². The van der Waals surface area contributed by atoms with Crippen LogP contribution in [0.2, 0.25) is 0 Å². The smallest absolute Gasteiger partial charge is 0.0968 e. The lowest BCUT2D eigenvalue weighted by atomic mass is 10.1. The van der Waals surface area contributed by atoms with Crippen molar-refractivity contribution in [1.82, 2.24) is 9.97 Å². The number of nitrogens with zero attached hydrogens (tertiary/aromatic N) is 2. The second kappa shape index (κ2) is 4.61. The van der Waals surface area contributed by atoms with E-state index in [0.717, 1.165) is 39.6 Å². The molecule has 0 N–H and O–H groups in total. The molecule has 0 spiro atoms. The zero-order valence-corrected chi connectivity index (χ0v) is 11.6. The summed E-state index contributed by atoms with van der Waals surface area (Å²) in [7, 11) is 0. The minimum atomic E-state index is 0.439. The molecule has 0 radical (unpaired) electrons. The standard InChI is InChI=1S/C17H18N2/c1-4-14-9-7-12-5-6-13-8-10-15(11(2)3)19-17(13)16(12)18-14/h5-11H,4H2,1-3H3. The second-order valence-corrected chi connectivity index (χ2v) is 5.26. The van der Waals surface area contributed by atoms with Gasteiger partial charge in [0.2, 0.25) is 0 Å². The van der Waals surface area contributed by atoms with Gasteiger partial charge in [-0.05, 0) is 24.5 Å². The number of benzene rings is 1. The first-order chi connectivity index (χ1) is 9.19. The molecule has 0 unspecified atom stereocenters. The Kier molecular flexibility index (Phi) is 2.94. The van der Waals surface area contributed by atoms with E-state index in [9.17, 15) is 0 Å². The molecule has 0 saturated heterocycles. The van der Waals surface area contributed by atoms with Crippen molar-refractivity contribution in [2.45, 2.75) is 33.1 Å². The van der Waals surface area contributed by atoms with Crippen LogP contribution in [-0.4, -0.2) is 9.97 Å². The summed E-state index contributed by atoms with van der Waals surface area (Å²) in [5.41, 5.74) is 4.30. The maximum atomic E-state index is 4.82. The molecule has 3 aromatic rings. The number of hydrogen-bond acceptors (Lipinski definition) is 2. The van der Waals surface area contributed by atoms with Gasteiger partial charge in [-0.2, -0.15) is 0 Å². The van der Waals surface area contributed by atoms with Gasteiger partial charge in [0, 0.05) is 22.2 Å². The van der Waals surface area contributed by atoms with Crippen molar-refractivity contribution < 1.29 is 0 Å². The van der Waals surface area contributed by atoms with E-state index in [4.69, 9.17) is 9.97 Å². The maximum Gasteiger partial charge on any atom is 0.0968 e. The van der Waals surface area contributed by atoms with E-state index in [1.54, 1.807) is 0 Å². The number of hydrogen-bond donors (Lipinski definition) is 0.